The molecule has 0 unspecified atom stereocenters. The van der Waals surface area contributed by atoms with E-state index in [4.69, 9.17) is 0 Å². The van der Waals surface area contributed by atoms with Crippen LogP contribution in [0, 0.1) is 0 Å². The molecule has 0 saturated heterocycles. The fourth-order valence-electron chi connectivity index (χ4n) is 1.34. The van der Waals surface area contributed by atoms with Crippen LogP contribution in [0.1, 0.15) is 12.5 Å². The first-order valence-corrected chi connectivity index (χ1v) is 5.08. The number of halogens is 2. The molecule has 2 aromatic heterocycles. The van der Waals surface area contributed by atoms with Crippen molar-refractivity contribution in [3.05, 3.63) is 36.3 Å². The lowest BCUT2D eigenvalue weighted by Gasteiger charge is -2.05. The predicted octanol–water partition coefficient (Wildman–Crippen LogP) is 2.42. The lowest BCUT2D eigenvalue weighted by atomic mass is 10.2. The van der Waals surface area contributed by atoms with Crippen molar-refractivity contribution in [2.75, 3.05) is 12.4 Å². The molecule has 2 rings (SSSR count). The maximum Gasteiger partial charge on any atom is 0.273 e. The molecular weight excluding hydrogens is 226 g/mol. The van der Waals surface area contributed by atoms with E-state index < -0.39 is 5.92 Å². The summed E-state index contributed by atoms with van der Waals surface area (Å²) in [5, 5.41) is 6.79. The number of aromatic nitrogens is 3. The summed E-state index contributed by atoms with van der Waals surface area (Å²) in [6.45, 7) is 0.839. The van der Waals surface area contributed by atoms with Gasteiger partial charge in [0.15, 0.2) is 5.82 Å². The van der Waals surface area contributed by atoms with Crippen molar-refractivity contribution in [3.63, 3.8) is 0 Å². The highest BCUT2D eigenvalue weighted by atomic mass is 19.3. The van der Waals surface area contributed by atoms with E-state index in [2.05, 4.69) is 15.4 Å². The zero-order chi connectivity index (χ0) is 12.5. The summed E-state index contributed by atoms with van der Waals surface area (Å²) in [7, 11) is 1.78. The van der Waals surface area contributed by atoms with Gasteiger partial charge in [-0.2, -0.15) is 5.10 Å². The molecule has 2 heterocycles. The van der Waals surface area contributed by atoms with Crippen molar-refractivity contribution >= 4 is 5.69 Å². The number of anilines is 1. The Kier molecular flexibility index (Phi) is 2.79. The van der Waals surface area contributed by atoms with Gasteiger partial charge in [-0.05, 0) is 12.1 Å². The molecular formula is C11H12F2N4. The Morgan fingerprint density at radius 1 is 1.29 bits per heavy atom. The fourth-order valence-corrected chi connectivity index (χ4v) is 1.34. The molecule has 0 bridgehead atoms. The third-order valence-electron chi connectivity index (χ3n) is 2.36. The molecule has 0 atom stereocenters. The zero-order valence-corrected chi connectivity index (χ0v) is 9.48. The Bertz CT molecular complexity index is 499. The Morgan fingerprint density at radius 3 is 2.53 bits per heavy atom. The maximum atomic E-state index is 13.0. The summed E-state index contributed by atoms with van der Waals surface area (Å²) in [4.78, 5) is 4.11. The van der Waals surface area contributed by atoms with Gasteiger partial charge in [0.2, 0.25) is 0 Å². The molecule has 0 aliphatic rings. The lowest BCUT2D eigenvalue weighted by molar-refractivity contribution is 0.0174. The van der Waals surface area contributed by atoms with E-state index in [1.54, 1.807) is 25.4 Å². The molecule has 4 nitrogen and oxygen atoms in total. The topological polar surface area (TPSA) is 42.7 Å². The monoisotopic (exact) mass is 238 g/mol. The van der Waals surface area contributed by atoms with Crippen molar-refractivity contribution in [1.29, 1.82) is 0 Å². The van der Waals surface area contributed by atoms with Crippen LogP contribution >= 0.6 is 0 Å². The average Bonchev–Trinajstić information content (AvgIpc) is 2.78. The first-order valence-electron chi connectivity index (χ1n) is 5.08. The van der Waals surface area contributed by atoms with E-state index in [1.165, 1.54) is 10.9 Å². The SMILES string of the molecule is CNc1ccc(-n2cc(C(C)(F)F)cn2)nc1. The van der Waals surface area contributed by atoms with Crippen LogP contribution < -0.4 is 5.32 Å². The quantitative estimate of drug-likeness (QED) is 0.893. The minimum Gasteiger partial charge on any atom is -0.387 e. The van der Waals surface area contributed by atoms with Gasteiger partial charge in [-0.25, -0.2) is 18.4 Å². The van der Waals surface area contributed by atoms with Gasteiger partial charge in [0.1, 0.15) is 0 Å². The van der Waals surface area contributed by atoms with Crippen LogP contribution in [0.3, 0.4) is 0 Å². The second-order valence-electron chi connectivity index (χ2n) is 3.72. The number of nitrogens with one attached hydrogen (secondary N) is 1. The van der Waals surface area contributed by atoms with Gasteiger partial charge < -0.3 is 5.32 Å². The Hall–Kier alpha value is -1.98. The van der Waals surface area contributed by atoms with Gasteiger partial charge in [0, 0.05) is 20.2 Å². The van der Waals surface area contributed by atoms with Crippen molar-refractivity contribution in [2.24, 2.45) is 0 Å². The normalized spacial score (nSPS) is 11.5. The minimum absolute atomic E-state index is 0.128. The third kappa shape index (κ3) is 2.41. The van der Waals surface area contributed by atoms with Gasteiger partial charge in [-0.15, -0.1) is 0 Å². The van der Waals surface area contributed by atoms with Crippen molar-refractivity contribution in [2.45, 2.75) is 12.8 Å². The summed E-state index contributed by atoms with van der Waals surface area (Å²) in [6.07, 6.45) is 4.04. The molecule has 0 radical (unpaired) electrons. The van der Waals surface area contributed by atoms with Gasteiger partial charge >= 0.3 is 0 Å². The van der Waals surface area contributed by atoms with Crippen molar-refractivity contribution in [1.82, 2.24) is 14.8 Å². The highest BCUT2D eigenvalue weighted by molar-refractivity contribution is 5.42. The maximum absolute atomic E-state index is 13.0. The largest absolute Gasteiger partial charge is 0.387 e. The molecule has 1 N–H and O–H groups in total. The second-order valence-corrected chi connectivity index (χ2v) is 3.72. The van der Waals surface area contributed by atoms with Crippen molar-refractivity contribution in [3.8, 4) is 5.82 Å². The highest BCUT2D eigenvalue weighted by Crippen LogP contribution is 2.26. The van der Waals surface area contributed by atoms with Crippen LogP contribution in [0.2, 0.25) is 0 Å². The number of rotatable bonds is 3. The van der Waals surface area contributed by atoms with E-state index in [-0.39, 0.29) is 5.56 Å². The smallest absolute Gasteiger partial charge is 0.273 e. The van der Waals surface area contributed by atoms with Gasteiger partial charge in [0.05, 0.1) is 23.6 Å². The van der Waals surface area contributed by atoms with E-state index >= 15 is 0 Å². The van der Waals surface area contributed by atoms with Gasteiger partial charge in [-0.1, -0.05) is 0 Å². The van der Waals surface area contributed by atoms with Gasteiger partial charge in [0.25, 0.3) is 5.92 Å². The van der Waals surface area contributed by atoms with Gasteiger partial charge in [-0.3, -0.25) is 0 Å². The molecule has 0 amide bonds. The third-order valence-corrected chi connectivity index (χ3v) is 2.36. The Labute approximate surface area is 97.3 Å². The summed E-state index contributed by atoms with van der Waals surface area (Å²) in [5.74, 6) is -2.39. The predicted molar refractivity (Wildman–Crippen MR) is 60.5 cm³/mol. The van der Waals surface area contributed by atoms with Crippen LogP contribution in [0.5, 0.6) is 0 Å². The summed E-state index contributed by atoms with van der Waals surface area (Å²) < 4.78 is 27.4. The molecule has 0 saturated carbocycles. The van der Waals surface area contributed by atoms with E-state index in [1.807, 2.05) is 0 Å². The lowest BCUT2D eigenvalue weighted by Crippen LogP contribution is -2.05. The molecule has 90 valence electrons. The molecule has 0 aliphatic carbocycles. The average molecular weight is 238 g/mol. The molecule has 0 aromatic carbocycles. The minimum atomic E-state index is -2.89. The van der Waals surface area contributed by atoms with Crippen molar-refractivity contribution < 1.29 is 8.78 Å². The summed E-state index contributed by atoms with van der Waals surface area (Å²) >= 11 is 0. The van der Waals surface area contributed by atoms with E-state index in [0.717, 1.165) is 18.8 Å². The molecule has 0 fully saturated rings. The van der Waals surface area contributed by atoms with Crippen LogP contribution in [-0.2, 0) is 5.92 Å². The molecule has 6 heteroatoms. The molecule has 17 heavy (non-hydrogen) atoms. The zero-order valence-electron chi connectivity index (χ0n) is 9.48. The first kappa shape index (κ1) is 11.5. The highest BCUT2D eigenvalue weighted by Gasteiger charge is 2.26. The first-order chi connectivity index (χ1) is 8.00. The number of hydrogen-bond acceptors (Lipinski definition) is 3. The number of nitrogens with zero attached hydrogens (tertiary/aromatic N) is 3. The number of alkyl halides is 2. The Morgan fingerprint density at radius 2 is 2.06 bits per heavy atom. The summed E-state index contributed by atoms with van der Waals surface area (Å²) in [6, 6.07) is 3.50. The number of hydrogen-bond donors (Lipinski definition) is 1. The van der Waals surface area contributed by atoms with Crippen LogP contribution in [0.25, 0.3) is 5.82 Å². The molecule has 2 aromatic rings. The van der Waals surface area contributed by atoms with E-state index in [0.29, 0.717) is 5.82 Å². The van der Waals surface area contributed by atoms with Crippen LogP contribution in [0.15, 0.2) is 30.7 Å². The Balaban J connectivity index is 2.30. The summed E-state index contributed by atoms with van der Waals surface area (Å²) in [5.41, 5.74) is 0.721. The van der Waals surface area contributed by atoms with E-state index in [9.17, 15) is 8.78 Å². The van der Waals surface area contributed by atoms with Crippen LogP contribution in [-0.4, -0.2) is 21.8 Å². The standard InChI is InChI=1S/C11H12F2N4/c1-11(12,13)8-5-16-17(7-8)10-4-3-9(14-2)6-15-10/h3-7,14H,1-2H3. The second kappa shape index (κ2) is 4.12. The molecule has 0 aliphatic heterocycles. The number of pyridine rings is 1. The van der Waals surface area contributed by atoms with Crippen LogP contribution in [0.4, 0.5) is 14.5 Å². The fraction of sp³-hybridized carbons (Fsp3) is 0.273. The molecule has 0 spiro atoms.